The van der Waals surface area contributed by atoms with E-state index in [2.05, 4.69) is 0 Å². The van der Waals surface area contributed by atoms with Crippen molar-refractivity contribution >= 4 is 279 Å². The molecule has 0 aliphatic rings. The monoisotopic (exact) mass is 1190 g/mol. The van der Waals surface area contributed by atoms with Gasteiger partial charge in [-0.15, -0.1) is 0 Å². The van der Waals surface area contributed by atoms with Crippen LogP contribution in [0.3, 0.4) is 0 Å². The topological polar surface area (TPSA) is 518 Å². The minimum Gasteiger partial charge on any atom is -0.810 e. The van der Waals surface area contributed by atoms with Gasteiger partial charge in [-0.05, 0) is 0 Å². The molecule has 47 heteroatoms. The van der Waals surface area contributed by atoms with Crippen LogP contribution >= 0.6 is 60.8 Å². The fraction of sp³-hybridized carbons (Fsp3) is 1.00. The van der Waals surface area contributed by atoms with Crippen molar-refractivity contribution in [2.24, 2.45) is 0 Å². The van der Waals surface area contributed by atoms with Gasteiger partial charge in [0.05, 0.1) is 0 Å². The van der Waals surface area contributed by atoms with Gasteiger partial charge in [0.15, 0.2) is 0 Å². The molecule has 0 aromatic rings. The van der Waals surface area contributed by atoms with Gasteiger partial charge in [0, 0.05) is 106 Å². The van der Waals surface area contributed by atoms with E-state index in [1.807, 2.05) is 0 Å². The van der Waals surface area contributed by atoms with Gasteiger partial charge in [-0.3, -0.25) is 19.6 Å². The molecule has 0 saturated heterocycles. The Bertz CT molecular complexity index is 1130. The van der Waals surface area contributed by atoms with Gasteiger partial charge in [0.2, 0.25) is 0 Å². The largest absolute Gasteiger partial charge is 2.00 e. The summed E-state index contributed by atoms with van der Waals surface area (Å²) in [6, 6.07) is 0. The summed E-state index contributed by atoms with van der Waals surface area (Å²) in [6.07, 6.45) is -11.3. The van der Waals surface area contributed by atoms with E-state index in [4.69, 9.17) is 0 Å². The predicted molar refractivity (Wildman–Crippen MR) is 161 cm³/mol. The fourth-order valence-corrected chi connectivity index (χ4v) is 9.75. The molecule has 0 atom stereocenters. The second kappa shape index (κ2) is 48.5. The van der Waals surface area contributed by atoms with E-state index in [1.54, 1.807) is 0 Å². The maximum absolute atomic E-state index is 10.7. The molecule has 0 aromatic carbocycles. The molecule has 0 heterocycles. The number of hydrogen-bond acceptors (Lipinski definition) is 28. The third-order valence-corrected chi connectivity index (χ3v) is 10.4. The van der Waals surface area contributed by atoms with Gasteiger partial charge in [0.1, 0.15) is 0 Å². The van der Waals surface area contributed by atoms with Crippen molar-refractivity contribution in [3.63, 3.8) is 0 Å². The first-order chi connectivity index (χ1) is 20.7. The van der Waals surface area contributed by atoms with Crippen LogP contribution in [-0.2, 0) is 36.5 Å². The normalized spacial score (nSPS) is 11.9. The summed E-state index contributed by atoms with van der Waals surface area (Å²) in [5.41, 5.74) is 0. The molecule has 0 spiro atoms. The van der Waals surface area contributed by atoms with Gasteiger partial charge in [-0.25, -0.2) is 0 Å². The molecule has 59 heavy (non-hydrogen) atoms. The molecular weight excluding hydrogens is 1170 g/mol. The number of nitrogens with zero attached hydrogens (tertiary/aromatic N) is 4. The molecular formula is C12H24Ca5N4Na6O24P8-. The average molecular weight is 1190 g/mol. The molecule has 0 N–H and O–H groups in total. The van der Waals surface area contributed by atoms with Crippen LogP contribution in [0.4, 0.5) is 0 Å². The molecule has 0 saturated carbocycles. The number of rotatable bonds is 22. The molecule has 293 valence electrons. The zero-order valence-electron chi connectivity index (χ0n) is 33.2. The van der Waals surface area contributed by atoms with Crippen LogP contribution in [0.25, 0.3) is 0 Å². The fourth-order valence-electron chi connectivity index (χ4n) is 3.27. The minimum absolute atomic E-state index is 0. The Labute approximate surface area is 622 Å². The van der Waals surface area contributed by atoms with Crippen molar-refractivity contribution < 1.29 is 263 Å². The maximum atomic E-state index is 10.7. The molecule has 0 aromatic heterocycles. The summed E-state index contributed by atoms with van der Waals surface area (Å²) < 4.78 is 85.3. The van der Waals surface area contributed by atoms with Crippen LogP contribution < -0.4 is 226 Å². The zero-order chi connectivity index (χ0) is 38.8. The van der Waals surface area contributed by atoms with Crippen molar-refractivity contribution in [1.29, 1.82) is 0 Å². The first kappa shape index (κ1) is 105. The van der Waals surface area contributed by atoms with Crippen molar-refractivity contribution in [3.05, 3.63) is 0 Å². The summed E-state index contributed by atoms with van der Waals surface area (Å²) in [7, 11) is -42.4. The summed E-state index contributed by atoms with van der Waals surface area (Å²) in [4.78, 5) is 172. The first-order valence-corrected chi connectivity index (χ1v) is 25.5. The molecule has 0 bridgehead atoms. The van der Waals surface area contributed by atoms with Gasteiger partial charge < -0.3 is 115 Å². The first-order valence-electron chi connectivity index (χ1n) is 11.7. The van der Waals surface area contributed by atoms with Crippen molar-refractivity contribution in [1.82, 2.24) is 19.6 Å². The van der Waals surface area contributed by atoms with Crippen molar-refractivity contribution in [2.45, 2.75) is 0 Å². The summed E-state index contributed by atoms with van der Waals surface area (Å²) in [5.74, 6) is 0. The minimum atomic E-state index is -5.30. The third kappa shape index (κ3) is 85.5. The molecule has 0 rings (SSSR count). The van der Waals surface area contributed by atoms with Crippen molar-refractivity contribution in [2.75, 3.05) is 76.5 Å². The van der Waals surface area contributed by atoms with Gasteiger partial charge in [0.25, 0.3) is 0 Å². The van der Waals surface area contributed by atoms with Gasteiger partial charge >= 0.3 is 336 Å². The Balaban J connectivity index is -0.0000000550. The predicted octanol–water partition coefficient (Wildman–Crippen LogP) is -31.1. The zero-order valence-corrected chi connectivity index (χ0v) is 63.4. The Morgan fingerprint density at radius 2 is 0.305 bits per heavy atom. The summed E-state index contributed by atoms with van der Waals surface area (Å²) >= 11 is 0. The van der Waals surface area contributed by atoms with E-state index < -0.39 is 137 Å². The van der Waals surface area contributed by atoms with E-state index >= 15 is 0 Å². The van der Waals surface area contributed by atoms with E-state index in [9.17, 15) is 115 Å². The van der Waals surface area contributed by atoms with Crippen molar-refractivity contribution in [3.8, 4) is 0 Å². The van der Waals surface area contributed by atoms with Crippen LogP contribution in [0, 0.1) is 0 Å². The van der Waals surface area contributed by atoms with Crippen LogP contribution in [0.1, 0.15) is 0 Å². The maximum Gasteiger partial charge on any atom is 2.00 e. The average Bonchev–Trinajstić information content (AvgIpc) is 2.67. The second-order valence-corrected chi connectivity index (χ2v) is 21.6. The van der Waals surface area contributed by atoms with Crippen LogP contribution in [0.5, 0.6) is 0 Å². The molecule has 0 unspecified atom stereocenters. The molecule has 28 nitrogen and oxygen atoms in total. The number of hydrogen-bond donors (Lipinski definition) is 0. The third-order valence-electron chi connectivity index (χ3n) is 4.45. The Hall–Kier alpha value is 13.3. The molecule has 0 amide bonds. The summed E-state index contributed by atoms with van der Waals surface area (Å²) in [5, 5.41) is 0. The van der Waals surface area contributed by atoms with E-state index in [0.717, 1.165) is 0 Å². The smallest absolute Gasteiger partial charge is 0.810 e. The quantitative estimate of drug-likeness (QED) is 0.0717. The van der Waals surface area contributed by atoms with Gasteiger partial charge in [-0.1, -0.05) is 60.8 Å². The van der Waals surface area contributed by atoms with Crippen LogP contribution in [-0.4, -0.2) is 314 Å². The van der Waals surface area contributed by atoms with Gasteiger partial charge in [-0.2, -0.15) is 0 Å². The second-order valence-electron chi connectivity index (χ2n) is 9.60. The Morgan fingerprint density at radius 1 is 0.237 bits per heavy atom. The van der Waals surface area contributed by atoms with E-state index in [0.29, 0.717) is 19.6 Å². The Kier molecular flexibility index (Phi) is 85.9. The SMILES string of the molecule is O=P([O-])([O-])CN(CCN(CP(=O)([O-])[O-])CP(=O)([O-])[O-])CP(=O)([O-])[O-].O=P([O-])([O-])CN(CCN(CP(=O)([O-])[O-])CP(=O)([O-])[O-])CP(=O)([O-])[O-].[Ca+2].[Ca+2].[Ca+2].[Ca+2].[Ca+2].[Na+].[Na+].[Na+].[Na+].[Na+].[Na]. The molecule has 1 radical (unpaired) electrons. The Morgan fingerprint density at radius 3 is 0.356 bits per heavy atom. The molecule has 0 fully saturated rings. The molecule has 0 aliphatic heterocycles. The standard InChI is InChI=1S/2C6H20N2O12P4.5Ca.6Na/c2*9-21(10,11)3-7(4-22(12,13)14)1-2-8(5-23(15,16)17)6-24(18,19)20;;;;;;;;;;;/h2*1-6H2,(H2,9,10,11)(H2,12,13,14)(H2,15,16,17)(H2,18,19,20);;;;;;;;;;;/q;;5*+2;;5*+1/p-16. The van der Waals surface area contributed by atoms with Crippen LogP contribution in [0.2, 0.25) is 0 Å². The van der Waals surface area contributed by atoms with Crippen LogP contribution in [0.15, 0.2) is 0 Å². The van der Waals surface area contributed by atoms with E-state index in [-0.39, 0.29) is 366 Å². The molecule has 0 aliphatic carbocycles. The van der Waals surface area contributed by atoms with E-state index in [1.165, 1.54) is 0 Å². The summed E-state index contributed by atoms with van der Waals surface area (Å²) in [6.45, 7) is -3.10.